The molecule has 0 aliphatic heterocycles. The molecule has 0 atom stereocenters. The Morgan fingerprint density at radius 3 is 2.32 bits per heavy atom. The molecule has 3 aromatic carbocycles. The quantitative estimate of drug-likeness (QED) is 0.310. The normalized spacial score (nSPS) is 10.8. The summed E-state index contributed by atoms with van der Waals surface area (Å²) < 4.78 is 17.6. The number of hydrogen-bond acceptors (Lipinski definition) is 6. The number of thioether (sulfide) groups is 1. The summed E-state index contributed by atoms with van der Waals surface area (Å²) in [5.74, 6) is 2.61. The number of hydrogen-bond donors (Lipinski definition) is 0. The van der Waals surface area contributed by atoms with Gasteiger partial charge in [-0.05, 0) is 42.0 Å². The Bertz CT molecular complexity index is 1270. The van der Waals surface area contributed by atoms with E-state index in [-0.39, 0.29) is 5.56 Å². The molecule has 7 heteroatoms. The van der Waals surface area contributed by atoms with E-state index >= 15 is 0 Å². The predicted molar refractivity (Wildman–Crippen MR) is 123 cm³/mol. The molecule has 0 saturated carbocycles. The predicted octanol–water partition coefficient (Wildman–Crippen LogP) is 4.70. The van der Waals surface area contributed by atoms with Crippen molar-refractivity contribution >= 4 is 22.7 Å². The molecular weight excluding hydrogens is 412 g/mol. The first kappa shape index (κ1) is 20.8. The highest BCUT2D eigenvalue weighted by Crippen LogP contribution is 2.31. The minimum absolute atomic E-state index is 0.130. The standard InChI is InChI=1S/C24H22N2O4S/c1-28-18-11-8-16(9-12-18)15-31-24-25-20-7-5-4-6-19(20)23(27)26(24)17-10-13-21(29-2)22(14-17)30-3/h4-14H,15H2,1-3H3. The molecular formula is C24H22N2O4S. The smallest absolute Gasteiger partial charge is 0.266 e. The van der Waals surface area contributed by atoms with Crippen molar-refractivity contribution < 1.29 is 14.2 Å². The number of para-hydroxylation sites is 1. The number of fused-ring (bicyclic) bond motifs is 1. The fraction of sp³-hybridized carbons (Fsp3) is 0.167. The van der Waals surface area contributed by atoms with Crippen LogP contribution in [0.1, 0.15) is 5.56 Å². The summed E-state index contributed by atoms with van der Waals surface area (Å²) >= 11 is 1.50. The van der Waals surface area contributed by atoms with Gasteiger partial charge in [-0.2, -0.15) is 0 Å². The summed E-state index contributed by atoms with van der Waals surface area (Å²) in [7, 11) is 4.80. The lowest BCUT2D eigenvalue weighted by Gasteiger charge is -2.15. The van der Waals surface area contributed by atoms with E-state index in [2.05, 4.69) is 0 Å². The molecule has 4 rings (SSSR count). The van der Waals surface area contributed by atoms with Crippen molar-refractivity contribution in [3.63, 3.8) is 0 Å². The average Bonchev–Trinajstić information content (AvgIpc) is 2.82. The molecule has 1 heterocycles. The van der Waals surface area contributed by atoms with Crippen LogP contribution in [0.4, 0.5) is 0 Å². The van der Waals surface area contributed by atoms with Crippen molar-refractivity contribution in [1.82, 2.24) is 9.55 Å². The van der Waals surface area contributed by atoms with E-state index in [9.17, 15) is 4.79 Å². The van der Waals surface area contributed by atoms with E-state index in [1.54, 1.807) is 44.1 Å². The SMILES string of the molecule is COc1ccc(CSc2nc3ccccc3c(=O)n2-c2ccc(OC)c(OC)c2)cc1. The summed E-state index contributed by atoms with van der Waals surface area (Å²) in [6, 6.07) is 20.6. The Labute approximate surface area is 184 Å². The van der Waals surface area contributed by atoms with Crippen LogP contribution >= 0.6 is 11.8 Å². The first-order chi connectivity index (χ1) is 15.1. The van der Waals surface area contributed by atoms with Crippen molar-refractivity contribution in [2.24, 2.45) is 0 Å². The maximum atomic E-state index is 13.4. The summed E-state index contributed by atoms with van der Waals surface area (Å²) in [5.41, 5.74) is 2.31. The average molecular weight is 435 g/mol. The van der Waals surface area contributed by atoms with Crippen molar-refractivity contribution in [2.45, 2.75) is 10.9 Å². The Morgan fingerprint density at radius 1 is 0.871 bits per heavy atom. The van der Waals surface area contributed by atoms with Crippen molar-refractivity contribution in [3.05, 3.63) is 82.6 Å². The van der Waals surface area contributed by atoms with Gasteiger partial charge in [-0.3, -0.25) is 9.36 Å². The molecule has 0 aliphatic rings. The van der Waals surface area contributed by atoms with Crippen LogP contribution < -0.4 is 19.8 Å². The first-order valence-corrected chi connectivity index (χ1v) is 10.6. The van der Waals surface area contributed by atoms with Crippen molar-refractivity contribution in [3.8, 4) is 22.9 Å². The summed E-state index contributed by atoms with van der Waals surface area (Å²) in [6.07, 6.45) is 0. The molecule has 0 radical (unpaired) electrons. The minimum atomic E-state index is -0.130. The van der Waals surface area contributed by atoms with E-state index in [0.29, 0.717) is 39.0 Å². The highest BCUT2D eigenvalue weighted by atomic mass is 32.2. The van der Waals surface area contributed by atoms with Gasteiger partial charge in [0, 0.05) is 11.8 Å². The van der Waals surface area contributed by atoms with Crippen LogP contribution in [0.25, 0.3) is 16.6 Å². The highest BCUT2D eigenvalue weighted by Gasteiger charge is 2.15. The largest absolute Gasteiger partial charge is 0.497 e. The second kappa shape index (κ2) is 9.14. The van der Waals surface area contributed by atoms with Crippen LogP contribution in [0.3, 0.4) is 0 Å². The molecule has 0 unspecified atom stereocenters. The number of ether oxygens (including phenoxy) is 3. The highest BCUT2D eigenvalue weighted by molar-refractivity contribution is 7.98. The monoisotopic (exact) mass is 434 g/mol. The third-order valence-corrected chi connectivity index (χ3v) is 5.91. The second-order valence-electron chi connectivity index (χ2n) is 6.73. The number of benzene rings is 3. The number of methoxy groups -OCH3 is 3. The summed E-state index contributed by atoms with van der Waals surface area (Å²) in [6.45, 7) is 0. The van der Waals surface area contributed by atoms with Gasteiger partial charge in [-0.1, -0.05) is 36.0 Å². The van der Waals surface area contributed by atoms with Crippen molar-refractivity contribution in [2.75, 3.05) is 21.3 Å². The zero-order valence-electron chi connectivity index (χ0n) is 17.5. The van der Waals surface area contributed by atoms with Gasteiger partial charge < -0.3 is 14.2 Å². The van der Waals surface area contributed by atoms with Gasteiger partial charge in [0.2, 0.25) is 0 Å². The first-order valence-electron chi connectivity index (χ1n) is 9.64. The zero-order valence-corrected chi connectivity index (χ0v) is 18.3. The lowest BCUT2D eigenvalue weighted by Crippen LogP contribution is -2.21. The van der Waals surface area contributed by atoms with Gasteiger partial charge in [0.15, 0.2) is 16.7 Å². The van der Waals surface area contributed by atoms with E-state index in [1.165, 1.54) is 11.8 Å². The molecule has 0 fully saturated rings. The molecule has 0 aliphatic carbocycles. The molecule has 0 saturated heterocycles. The Morgan fingerprint density at radius 2 is 1.61 bits per heavy atom. The number of nitrogens with zero attached hydrogens (tertiary/aromatic N) is 2. The topological polar surface area (TPSA) is 62.6 Å². The van der Waals surface area contributed by atoms with E-state index in [1.807, 2.05) is 48.5 Å². The maximum Gasteiger partial charge on any atom is 0.266 e. The lowest BCUT2D eigenvalue weighted by atomic mass is 10.2. The van der Waals surface area contributed by atoms with Gasteiger partial charge in [-0.25, -0.2) is 4.98 Å². The third-order valence-electron chi connectivity index (χ3n) is 4.90. The van der Waals surface area contributed by atoms with Gasteiger partial charge in [0.1, 0.15) is 5.75 Å². The molecule has 4 aromatic rings. The van der Waals surface area contributed by atoms with Crippen LogP contribution in [0, 0.1) is 0 Å². The number of aromatic nitrogens is 2. The fourth-order valence-electron chi connectivity index (χ4n) is 3.27. The molecule has 0 amide bonds. The molecule has 1 aromatic heterocycles. The molecule has 0 spiro atoms. The van der Waals surface area contributed by atoms with Gasteiger partial charge >= 0.3 is 0 Å². The van der Waals surface area contributed by atoms with E-state index in [0.717, 1.165) is 11.3 Å². The van der Waals surface area contributed by atoms with Gasteiger partial charge in [-0.15, -0.1) is 0 Å². The van der Waals surface area contributed by atoms with Gasteiger partial charge in [0.05, 0.1) is 37.9 Å². The number of rotatable bonds is 7. The fourth-order valence-corrected chi connectivity index (χ4v) is 4.24. The maximum absolute atomic E-state index is 13.4. The van der Waals surface area contributed by atoms with E-state index in [4.69, 9.17) is 19.2 Å². The molecule has 158 valence electrons. The van der Waals surface area contributed by atoms with Crippen LogP contribution in [0.5, 0.6) is 17.2 Å². The lowest BCUT2D eigenvalue weighted by molar-refractivity contribution is 0.354. The summed E-state index contributed by atoms with van der Waals surface area (Å²) in [4.78, 5) is 18.2. The molecule has 0 bridgehead atoms. The van der Waals surface area contributed by atoms with Crippen LogP contribution in [0.15, 0.2) is 76.7 Å². The van der Waals surface area contributed by atoms with Gasteiger partial charge in [0.25, 0.3) is 5.56 Å². The molecule has 0 N–H and O–H groups in total. The Hall–Kier alpha value is -3.45. The van der Waals surface area contributed by atoms with Crippen LogP contribution in [-0.2, 0) is 5.75 Å². The van der Waals surface area contributed by atoms with E-state index < -0.39 is 0 Å². The molecule has 6 nitrogen and oxygen atoms in total. The minimum Gasteiger partial charge on any atom is -0.497 e. The zero-order chi connectivity index (χ0) is 21.8. The third kappa shape index (κ3) is 4.22. The Balaban J connectivity index is 1.80. The second-order valence-corrected chi connectivity index (χ2v) is 7.67. The van der Waals surface area contributed by atoms with Crippen LogP contribution in [0.2, 0.25) is 0 Å². The van der Waals surface area contributed by atoms with Crippen molar-refractivity contribution in [1.29, 1.82) is 0 Å². The Kier molecular flexibility index (Phi) is 6.13. The molecule has 31 heavy (non-hydrogen) atoms. The summed E-state index contributed by atoms with van der Waals surface area (Å²) in [5, 5.41) is 1.16. The van der Waals surface area contributed by atoms with Crippen LogP contribution in [-0.4, -0.2) is 30.9 Å².